The van der Waals surface area contributed by atoms with Gasteiger partial charge < -0.3 is 10.1 Å². The van der Waals surface area contributed by atoms with Gasteiger partial charge in [0.1, 0.15) is 0 Å². The molecule has 18 heavy (non-hydrogen) atoms. The second-order valence-electron chi connectivity index (χ2n) is 3.68. The van der Waals surface area contributed by atoms with Crippen LogP contribution in [0.3, 0.4) is 0 Å². The molecule has 2 aromatic rings. The molecule has 0 aliphatic carbocycles. The fourth-order valence-electron chi connectivity index (χ4n) is 1.53. The zero-order valence-electron chi connectivity index (χ0n) is 10.2. The van der Waals surface area contributed by atoms with Crippen molar-refractivity contribution < 1.29 is 9.53 Å². The van der Waals surface area contributed by atoms with Gasteiger partial charge in [-0.1, -0.05) is 12.1 Å². The Bertz CT molecular complexity index is 570. The van der Waals surface area contributed by atoms with E-state index in [9.17, 15) is 4.79 Å². The number of anilines is 1. The minimum absolute atomic E-state index is 0.112. The summed E-state index contributed by atoms with van der Waals surface area (Å²) in [6.45, 7) is 1.47. The molecule has 0 aliphatic heterocycles. The average Bonchev–Trinajstić information content (AvgIpc) is 2.38. The Morgan fingerprint density at radius 1 is 1.33 bits per heavy atom. The van der Waals surface area contributed by atoms with Crippen LogP contribution in [0.25, 0.3) is 11.4 Å². The number of carbonyl (C=O) groups excluding carboxylic acids is 1. The zero-order valence-corrected chi connectivity index (χ0v) is 10.2. The highest BCUT2D eigenvalue weighted by Crippen LogP contribution is 2.20. The topological polar surface area (TPSA) is 64.1 Å². The van der Waals surface area contributed by atoms with Crippen molar-refractivity contribution >= 4 is 11.6 Å². The summed E-state index contributed by atoms with van der Waals surface area (Å²) in [6, 6.07) is 9.02. The minimum atomic E-state index is -0.112. The first kappa shape index (κ1) is 12.0. The molecule has 0 saturated heterocycles. The number of hydrogen-bond acceptors (Lipinski definition) is 4. The number of carbonyl (C=O) groups is 1. The molecular formula is C13H13N3O2. The van der Waals surface area contributed by atoms with E-state index < -0.39 is 0 Å². The van der Waals surface area contributed by atoms with Gasteiger partial charge in [0.05, 0.1) is 7.11 Å². The molecule has 5 heteroatoms. The van der Waals surface area contributed by atoms with Crippen molar-refractivity contribution in [2.24, 2.45) is 0 Å². The van der Waals surface area contributed by atoms with Gasteiger partial charge in [0.15, 0.2) is 5.82 Å². The third kappa shape index (κ3) is 2.82. The van der Waals surface area contributed by atoms with Crippen LogP contribution < -0.4 is 10.1 Å². The van der Waals surface area contributed by atoms with Gasteiger partial charge in [-0.3, -0.25) is 4.79 Å². The van der Waals surface area contributed by atoms with E-state index in [-0.39, 0.29) is 5.91 Å². The van der Waals surface area contributed by atoms with E-state index in [1.54, 1.807) is 19.4 Å². The maximum atomic E-state index is 11.0. The van der Waals surface area contributed by atoms with Crippen LogP contribution in [0, 0.1) is 0 Å². The van der Waals surface area contributed by atoms with Crippen molar-refractivity contribution in [3.05, 3.63) is 36.5 Å². The molecule has 0 radical (unpaired) electrons. The lowest BCUT2D eigenvalue weighted by Crippen LogP contribution is -2.05. The summed E-state index contributed by atoms with van der Waals surface area (Å²) in [6.07, 6.45) is 1.63. The van der Waals surface area contributed by atoms with E-state index in [4.69, 9.17) is 4.74 Å². The first-order chi connectivity index (χ1) is 8.69. The molecule has 0 unspecified atom stereocenters. The Morgan fingerprint density at radius 3 is 2.89 bits per heavy atom. The first-order valence-corrected chi connectivity index (χ1v) is 5.44. The number of hydrogen-bond donors (Lipinski definition) is 1. The molecule has 1 aromatic heterocycles. The third-order valence-corrected chi connectivity index (χ3v) is 2.28. The number of benzene rings is 1. The number of rotatable bonds is 3. The number of methoxy groups -OCH3 is 1. The molecule has 2 rings (SSSR count). The largest absolute Gasteiger partial charge is 0.481 e. The zero-order chi connectivity index (χ0) is 13.0. The van der Waals surface area contributed by atoms with Gasteiger partial charge in [-0.2, -0.15) is 4.98 Å². The highest BCUT2D eigenvalue weighted by molar-refractivity contribution is 5.89. The predicted molar refractivity (Wildman–Crippen MR) is 68.3 cm³/mol. The van der Waals surface area contributed by atoms with Gasteiger partial charge in [-0.25, -0.2) is 4.98 Å². The second-order valence-corrected chi connectivity index (χ2v) is 3.68. The van der Waals surface area contributed by atoms with Gasteiger partial charge >= 0.3 is 0 Å². The molecule has 0 fully saturated rings. The Morgan fingerprint density at radius 2 is 2.17 bits per heavy atom. The Hall–Kier alpha value is -2.43. The molecule has 1 aromatic carbocycles. The van der Waals surface area contributed by atoms with E-state index in [0.717, 1.165) is 5.56 Å². The molecule has 0 aliphatic rings. The summed E-state index contributed by atoms with van der Waals surface area (Å²) >= 11 is 0. The van der Waals surface area contributed by atoms with Crippen LogP contribution in [0.15, 0.2) is 36.5 Å². The molecular weight excluding hydrogens is 230 g/mol. The van der Waals surface area contributed by atoms with Crippen molar-refractivity contribution in [2.75, 3.05) is 12.4 Å². The van der Waals surface area contributed by atoms with E-state index in [1.807, 2.05) is 24.3 Å². The van der Waals surface area contributed by atoms with Crippen LogP contribution in [0.2, 0.25) is 0 Å². The first-order valence-electron chi connectivity index (χ1n) is 5.44. The highest BCUT2D eigenvalue weighted by Gasteiger charge is 2.04. The molecule has 1 amide bonds. The maximum Gasteiger partial charge on any atom is 0.221 e. The van der Waals surface area contributed by atoms with E-state index in [0.29, 0.717) is 17.4 Å². The second kappa shape index (κ2) is 5.27. The Kier molecular flexibility index (Phi) is 3.52. The van der Waals surface area contributed by atoms with Crippen molar-refractivity contribution in [2.45, 2.75) is 6.92 Å². The summed E-state index contributed by atoms with van der Waals surface area (Å²) < 4.78 is 5.05. The fraction of sp³-hybridized carbons (Fsp3) is 0.154. The predicted octanol–water partition coefficient (Wildman–Crippen LogP) is 2.11. The van der Waals surface area contributed by atoms with Gasteiger partial charge in [0.25, 0.3) is 0 Å². The molecule has 0 atom stereocenters. The van der Waals surface area contributed by atoms with E-state index >= 15 is 0 Å². The monoisotopic (exact) mass is 243 g/mol. The van der Waals surface area contributed by atoms with E-state index in [1.165, 1.54) is 6.92 Å². The molecule has 92 valence electrons. The number of aromatic nitrogens is 2. The quantitative estimate of drug-likeness (QED) is 0.896. The summed E-state index contributed by atoms with van der Waals surface area (Å²) in [4.78, 5) is 19.4. The smallest absolute Gasteiger partial charge is 0.221 e. The summed E-state index contributed by atoms with van der Waals surface area (Å²) in [5.41, 5.74) is 1.53. The average molecular weight is 243 g/mol. The summed E-state index contributed by atoms with van der Waals surface area (Å²) in [5, 5.41) is 2.72. The normalized spacial score (nSPS) is 9.89. The van der Waals surface area contributed by atoms with Crippen LogP contribution >= 0.6 is 0 Å². The molecule has 0 saturated carbocycles. The van der Waals surface area contributed by atoms with Crippen molar-refractivity contribution in [3.8, 4) is 17.3 Å². The standard InChI is InChI=1S/C13H13N3O2/c1-9(17)15-11-5-3-4-10(8-11)13-14-7-6-12(16-13)18-2/h3-8H,1-2H3,(H,15,17). The van der Waals surface area contributed by atoms with Crippen molar-refractivity contribution in [1.29, 1.82) is 0 Å². The SMILES string of the molecule is COc1ccnc(-c2cccc(NC(C)=O)c2)n1. The van der Waals surface area contributed by atoms with Crippen LogP contribution in [-0.2, 0) is 4.79 Å². The lowest BCUT2D eigenvalue weighted by Gasteiger charge is -2.05. The molecule has 5 nitrogen and oxygen atoms in total. The van der Waals surface area contributed by atoms with E-state index in [2.05, 4.69) is 15.3 Å². The maximum absolute atomic E-state index is 11.0. The lowest BCUT2D eigenvalue weighted by atomic mass is 10.2. The highest BCUT2D eigenvalue weighted by atomic mass is 16.5. The van der Waals surface area contributed by atoms with Crippen LogP contribution in [0.1, 0.15) is 6.92 Å². The Labute approximate surface area is 105 Å². The Balaban J connectivity index is 2.34. The minimum Gasteiger partial charge on any atom is -0.481 e. The number of ether oxygens (including phenoxy) is 1. The number of amides is 1. The summed E-state index contributed by atoms with van der Waals surface area (Å²) in [5.74, 6) is 0.949. The lowest BCUT2D eigenvalue weighted by molar-refractivity contribution is -0.114. The van der Waals surface area contributed by atoms with Gasteiger partial charge in [0, 0.05) is 30.4 Å². The van der Waals surface area contributed by atoms with Gasteiger partial charge in [-0.15, -0.1) is 0 Å². The number of nitrogens with zero attached hydrogens (tertiary/aromatic N) is 2. The third-order valence-electron chi connectivity index (χ3n) is 2.28. The van der Waals surface area contributed by atoms with Gasteiger partial charge in [0.2, 0.25) is 11.8 Å². The van der Waals surface area contributed by atoms with Crippen molar-refractivity contribution in [1.82, 2.24) is 9.97 Å². The summed E-state index contributed by atoms with van der Waals surface area (Å²) in [7, 11) is 1.56. The fourth-order valence-corrected chi connectivity index (χ4v) is 1.53. The molecule has 0 spiro atoms. The molecule has 1 N–H and O–H groups in total. The van der Waals surface area contributed by atoms with Crippen molar-refractivity contribution in [3.63, 3.8) is 0 Å². The van der Waals surface area contributed by atoms with Crippen LogP contribution in [0.5, 0.6) is 5.88 Å². The van der Waals surface area contributed by atoms with Crippen LogP contribution in [-0.4, -0.2) is 23.0 Å². The number of nitrogens with one attached hydrogen (secondary N) is 1. The molecule has 1 heterocycles. The molecule has 0 bridgehead atoms. The van der Waals surface area contributed by atoms with Gasteiger partial charge in [-0.05, 0) is 12.1 Å². The van der Waals surface area contributed by atoms with Crippen LogP contribution in [0.4, 0.5) is 5.69 Å².